The molecule has 0 bridgehead atoms. The molecular weight excluding hydrogens is 216 g/mol. The van der Waals surface area contributed by atoms with Crippen LogP contribution in [0.15, 0.2) is 34.0 Å². The van der Waals surface area contributed by atoms with Gasteiger partial charge in [0.1, 0.15) is 12.4 Å². The van der Waals surface area contributed by atoms with Crippen molar-refractivity contribution in [1.82, 2.24) is 14.3 Å². The zero-order valence-electron chi connectivity index (χ0n) is 6.91. The summed E-state index contributed by atoms with van der Waals surface area (Å²) in [4.78, 5) is 8.79. The quantitative estimate of drug-likeness (QED) is 0.774. The van der Waals surface area contributed by atoms with Crippen molar-refractivity contribution in [2.75, 3.05) is 0 Å². The Morgan fingerprint density at radius 1 is 1.50 bits per heavy atom. The second-order valence-corrected chi connectivity index (χ2v) is 4.36. The van der Waals surface area contributed by atoms with E-state index in [-0.39, 0.29) is 0 Å². The molecule has 0 spiro atoms. The summed E-state index contributed by atoms with van der Waals surface area (Å²) in [6.45, 7) is 0. The van der Waals surface area contributed by atoms with Crippen molar-refractivity contribution in [2.24, 2.45) is 0 Å². The van der Waals surface area contributed by atoms with E-state index < -0.39 is 0 Å². The lowest BCUT2D eigenvalue weighted by molar-refractivity contribution is 1.18. The maximum atomic E-state index is 8.82. The SMILES string of the molecule is N#Cc1ccncc1Sc1ncns1. The highest BCUT2D eigenvalue weighted by Crippen LogP contribution is 2.29. The highest BCUT2D eigenvalue weighted by Gasteiger charge is 2.05. The van der Waals surface area contributed by atoms with Crippen LogP contribution in [0.25, 0.3) is 0 Å². The Bertz CT molecular complexity index is 460. The van der Waals surface area contributed by atoms with Crippen molar-refractivity contribution in [1.29, 1.82) is 5.26 Å². The average Bonchev–Trinajstić information content (AvgIpc) is 2.71. The van der Waals surface area contributed by atoms with Gasteiger partial charge in [-0.15, -0.1) is 0 Å². The fraction of sp³-hybridized carbons (Fsp3) is 0. The maximum absolute atomic E-state index is 8.82. The Kier molecular flexibility index (Phi) is 2.72. The Hall–Kier alpha value is -1.45. The lowest BCUT2D eigenvalue weighted by Gasteiger charge is -1.97. The van der Waals surface area contributed by atoms with Gasteiger partial charge in [0.15, 0.2) is 4.34 Å². The van der Waals surface area contributed by atoms with E-state index in [0.29, 0.717) is 5.56 Å². The number of nitriles is 1. The molecule has 2 aromatic rings. The van der Waals surface area contributed by atoms with Crippen LogP contribution in [0, 0.1) is 11.3 Å². The molecule has 6 heteroatoms. The molecule has 14 heavy (non-hydrogen) atoms. The van der Waals surface area contributed by atoms with Gasteiger partial charge in [-0.3, -0.25) is 4.98 Å². The van der Waals surface area contributed by atoms with Crippen LogP contribution in [0.2, 0.25) is 0 Å². The van der Waals surface area contributed by atoms with E-state index in [4.69, 9.17) is 5.26 Å². The van der Waals surface area contributed by atoms with Gasteiger partial charge in [-0.05, 0) is 17.6 Å². The molecule has 0 fully saturated rings. The number of aromatic nitrogens is 3. The summed E-state index contributed by atoms with van der Waals surface area (Å²) < 4.78 is 4.69. The molecule has 0 aliphatic rings. The van der Waals surface area contributed by atoms with Crippen molar-refractivity contribution in [2.45, 2.75) is 9.24 Å². The number of pyridine rings is 1. The number of hydrogen-bond donors (Lipinski definition) is 0. The summed E-state index contributed by atoms with van der Waals surface area (Å²) in [6, 6.07) is 3.79. The number of nitrogens with zero attached hydrogens (tertiary/aromatic N) is 4. The van der Waals surface area contributed by atoms with Gasteiger partial charge in [-0.2, -0.15) is 9.64 Å². The minimum Gasteiger partial charge on any atom is -0.263 e. The molecule has 0 radical (unpaired) electrons. The molecule has 0 unspecified atom stereocenters. The van der Waals surface area contributed by atoms with Crippen LogP contribution >= 0.6 is 23.3 Å². The van der Waals surface area contributed by atoms with Gasteiger partial charge in [0.2, 0.25) is 0 Å². The normalized spacial score (nSPS) is 9.64. The highest BCUT2D eigenvalue weighted by molar-refractivity contribution is 8.01. The van der Waals surface area contributed by atoms with E-state index in [0.717, 1.165) is 9.24 Å². The molecule has 0 N–H and O–H groups in total. The average molecular weight is 220 g/mol. The van der Waals surface area contributed by atoms with E-state index in [1.807, 2.05) is 0 Å². The van der Waals surface area contributed by atoms with E-state index in [1.54, 1.807) is 18.5 Å². The zero-order chi connectivity index (χ0) is 9.80. The van der Waals surface area contributed by atoms with E-state index in [1.165, 1.54) is 29.6 Å². The van der Waals surface area contributed by atoms with Gasteiger partial charge in [0.25, 0.3) is 0 Å². The Labute approximate surface area is 88.8 Å². The summed E-state index contributed by atoms with van der Waals surface area (Å²) in [7, 11) is 0. The van der Waals surface area contributed by atoms with Crippen molar-refractivity contribution in [3.05, 3.63) is 30.4 Å². The van der Waals surface area contributed by atoms with Crippen LogP contribution in [0.5, 0.6) is 0 Å². The molecule has 0 amide bonds. The third-order valence-corrected chi connectivity index (χ3v) is 3.20. The maximum Gasteiger partial charge on any atom is 0.174 e. The fourth-order valence-electron chi connectivity index (χ4n) is 0.856. The largest absolute Gasteiger partial charge is 0.263 e. The van der Waals surface area contributed by atoms with Crippen molar-refractivity contribution >= 4 is 23.3 Å². The molecule has 2 rings (SSSR count). The molecule has 0 aliphatic heterocycles. The molecule has 2 heterocycles. The van der Waals surface area contributed by atoms with E-state index in [2.05, 4.69) is 20.4 Å². The van der Waals surface area contributed by atoms with Crippen molar-refractivity contribution < 1.29 is 0 Å². The molecule has 0 aromatic carbocycles. The second kappa shape index (κ2) is 4.17. The summed E-state index contributed by atoms with van der Waals surface area (Å²) >= 11 is 2.71. The number of rotatable bonds is 2. The Morgan fingerprint density at radius 3 is 3.14 bits per heavy atom. The van der Waals surface area contributed by atoms with Crippen molar-refractivity contribution in [3.63, 3.8) is 0 Å². The summed E-state index contributed by atoms with van der Waals surface area (Å²) in [5, 5.41) is 8.82. The van der Waals surface area contributed by atoms with Crippen LogP contribution in [-0.4, -0.2) is 14.3 Å². The molecule has 4 nitrogen and oxygen atoms in total. The van der Waals surface area contributed by atoms with Crippen LogP contribution in [0.1, 0.15) is 5.56 Å². The molecule has 0 atom stereocenters. The van der Waals surface area contributed by atoms with E-state index >= 15 is 0 Å². The number of hydrogen-bond acceptors (Lipinski definition) is 6. The molecule has 2 aromatic heterocycles. The molecule has 0 saturated heterocycles. The highest BCUT2D eigenvalue weighted by atomic mass is 32.2. The predicted molar refractivity (Wildman–Crippen MR) is 53.0 cm³/mol. The second-order valence-electron chi connectivity index (χ2n) is 2.29. The van der Waals surface area contributed by atoms with Gasteiger partial charge in [-0.1, -0.05) is 11.8 Å². The molecule has 0 saturated carbocycles. The molecular formula is C8H4N4S2. The lowest BCUT2D eigenvalue weighted by Crippen LogP contribution is -1.82. The first kappa shape index (κ1) is 9.12. The predicted octanol–water partition coefficient (Wildman–Crippen LogP) is 1.96. The van der Waals surface area contributed by atoms with Gasteiger partial charge in [0.05, 0.1) is 10.5 Å². The van der Waals surface area contributed by atoms with Gasteiger partial charge in [-0.25, -0.2) is 4.98 Å². The monoisotopic (exact) mass is 220 g/mol. The van der Waals surface area contributed by atoms with Gasteiger partial charge in [0, 0.05) is 12.4 Å². The first-order chi connectivity index (χ1) is 6.90. The zero-order valence-corrected chi connectivity index (χ0v) is 8.55. The lowest BCUT2D eigenvalue weighted by atomic mass is 10.3. The standard InChI is InChI=1S/C8H4N4S2/c9-3-6-1-2-10-4-7(6)13-8-11-5-12-14-8/h1-2,4-5H. The molecule has 68 valence electrons. The summed E-state index contributed by atoms with van der Waals surface area (Å²) in [6.07, 6.45) is 4.75. The minimum atomic E-state index is 0.611. The minimum absolute atomic E-state index is 0.611. The van der Waals surface area contributed by atoms with Gasteiger partial charge < -0.3 is 0 Å². The van der Waals surface area contributed by atoms with Crippen LogP contribution in [0.3, 0.4) is 0 Å². The first-order valence-corrected chi connectivity index (χ1v) is 5.28. The Morgan fingerprint density at radius 2 is 2.43 bits per heavy atom. The van der Waals surface area contributed by atoms with Crippen LogP contribution in [0.4, 0.5) is 0 Å². The smallest absolute Gasteiger partial charge is 0.174 e. The third kappa shape index (κ3) is 1.89. The summed E-state index contributed by atoms with van der Waals surface area (Å²) in [5.74, 6) is 0. The van der Waals surface area contributed by atoms with Crippen LogP contribution in [-0.2, 0) is 0 Å². The molecule has 0 aliphatic carbocycles. The Balaban J connectivity index is 2.30. The topological polar surface area (TPSA) is 62.5 Å². The first-order valence-electron chi connectivity index (χ1n) is 3.69. The third-order valence-electron chi connectivity index (χ3n) is 1.44. The van der Waals surface area contributed by atoms with Gasteiger partial charge >= 0.3 is 0 Å². The fourth-order valence-corrected chi connectivity index (χ4v) is 2.31. The van der Waals surface area contributed by atoms with Crippen LogP contribution < -0.4 is 0 Å². The van der Waals surface area contributed by atoms with Crippen molar-refractivity contribution in [3.8, 4) is 6.07 Å². The van der Waals surface area contributed by atoms with E-state index in [9.17, 15) is 0 Å². The summed E-state index contributed by atoms with van der Waals surface area (Å²) in [5.41, 5.74) is 0.611.